The zero-order chi connectivity index (χ0) is 11.9. The predicted octanol–water partition coefficient (Wildman–Crippen LogP) is 1.24. The van der Waals surface area contributed by atoms with Crippen molar-refractivity contribution in [1.82, 2.24) is 10.0 Å². The van der Waals surface area contributed by atoms with Gasteiger partial charge in [-0.05, 0) is 25.8 Å². The Balaban J connectivity index is 2.22. The quantitative estimate of drug-likeness (QED) is 0.666. The van der Waals surface area contributed by atoms with Crippen LogP contribution in [-0.4, -0.2) is 33.3 Å². The van der Waals surface area contributed by atoms with Gasteiger partial charge in [0.1, 0.15) is 0 Å². The molecule has 0 aromatic carbocycles. The topological polar surface area (TPSA) is 58.2 Å². The van der Waals surface area contributed by atoms with Gasteiger partial charge in [0.2, 0.25) is 10.0 Å². The number of hydrogen-bond donors (Lipinski definition) is 2. The highest BCUT2D eigenvalue weighted by atomic mass is 32.2. The highest BCUT2D eigenvalue weighted by molar-refractivity contribution is 7.90. The first-order valence-corrected chi connectivity index (χ1v) is 7.90. The molecule has 0 unspecified atom stereocenters. The molecule has 0 bridgehead atoms. The minimum absolute atomic E-state index is 0.146. The van der Waals surface area contributed by atoms with Crippen LogP contribution in [0.1, 0.15) is 45.4 Å². The molecule has 96 valence electrons. The Kier molecular flexibility index (Phi) is 6.31. The van der Waals surface area contributed by atoms with Gasteiger partial charge in [-0.3, -0.25) is 0 Å². The third kappa shape index (κ3) is 4.80. The molecule has 0 aliphatic heterocycles. The molecule has 1 rings (SSSR count). The van der Waals surface area contributed by atoms with E-state index >= 15 is 0 Å². The first-order chi connectivity index (χ1) is 7.67. The molecule has 0 radical (unpaired) electrons. The molecule has 1 fully saturated rings. The maximum Gasteiger partial charge on any atom is 0.214 e. The molecular weight excluding hydrogens is 224 g/mol. The third-order valence-electron chi connectivity index (χ3n) is 3.02. The summed E-state index contributed by atoms with van der Waals surface area (Å²) in [6.45, 7) is 4.28. The Hall–Kier alpha value is -0.130. The van der Waals surface area contributed by atoms with Crippen molar-refractivity contribution in [3.05, 3.63) is 0 Å². The second kappa shape index (κ2) is 7.25. The molecule has 4 nitrogen and oxygen atoms in total. The van der Waals surface area contributed by atoms with Gasteiger partial charge in [-0.2, -0.15) is 0 Å². The van der Waals surface area contributed by atoms with Crippen molar-refractivity contribution in [3.8, 4) is 0 Å². The third-order valence-corrected chi connectivity index (χ3v) is 4.98. The minimum atomic E-state index is -3.06. The Labute approximate surface area is 99.2 Å². The van der Waals surface area contributed by atoms with Gasteiger partial charge >= 0.3 is 0 Å². The summed E-state index contributed by atoms with van der Waals surface area (Å²) in [5.74, 6) is 0. The van der Waals surface area contributed by atoms with E-state index in [1.54, 1.807) is 0 Å². The molecule has 5 heteroatoms. The van der Waals surface area contributed by atoms with Crippen LogP contribution < -0.4 is 10.0 Å². The molecule has 16 heavy (non-hydrogen) atoms. The van der Waals surface area contributed by atoms with Gasteiger partial charge in [-0.1, -0.05) is 26.2 Å². The van der Waals surface area contributed by atoms with Gasteiger partial charge in [0.15, 0.2) is 0 Å². The first kappa shape index (κ1) is 13.9. The monoisotopic (exact) mass is 248 g/mol. The zero-order valence-corrected chi connectivity index (χ0v) is 11.0. The number of sulfonamides is 1. The van der Waals surface area contributed by atoms with Gasteiger partial charge in [-0.15, -0.1) is 0 Å². The fourth-order valence-electron chi connectivity index (χ4n) is 2.08. The standard InChI is InChI=1S/C11H24N2O2S/c1-2-8-12-9-10-13-16(14,15)11-6-4-3-5-7-11/h11-13H,2-10H2,1H3. The summed E-state index contributed by atoms with van der Waals surface area (Å²) in [5.41, 5.74) is 0. The summed E-state index contributed by atoms with van der Waals surface area (Å²) in [7, 11) is -3.06. The summed E-state index contributed by atoms with van der Waals surface area (Å²) >= 11 is 0. The second-order valence-electron chi connectivity index (χ2n) is 4.45. The zero-order valence-electron chi connectivity index (χ0n) is 10.2. The Morgan fingerprint density at radius 2 is 1.75 bits per heavy atom. The summed E-state index contributed by atoms with van der Waals surface area (Å²) in [6.07, 6.45) is 6.04. The molecule has 0 aromatic heterocycles. The van der Waals surface area contributed by atoms with Gasteiger partial charge < -0.3 is 5.32 Å². The fourth-order valence-corrected chi connectivity index (χ4v) is 3.65. The average Bonchev–Trinajstić information content (AvgIpc) is 2.30. The molecule has 2 N–H and O–H groups in total. The van der Waals surface area contributed by atoms with Gasteiger partial charge in [-0.25, -0.2) is 13.1 Å². The minimum Gasteiger partial charge on any atom is -0.315 e. The number of hydrogen-bond acceptors (Lipinski definition) is 3. The lowest BCUT2D eigenvalue weighted by molar-refractivity contribution is 0.477. The SMILES string of the molecule is CCCNCCNS(=O)(=O)C1CCCCC1. The van der Waals surface area contributed by atoms with E-state index in [0.29, 0.717) is 6.54 Å². The maximum atomic E-state index is 11.9. The van der Waals surface area contributed by atoms with E-state index in [1.807, 2.05) is 0 Å². The number of rotatable bonds is 7. The molecular formula is C11H24N2O2S. The van der Waals surface area contributed by atoms with Crippen LogP contribution in [0.25, 0.3) is 0 Å². The Morgan fingerprint density at radius 3 is 2.38 bits per heavy atom. The molecule has 0 amide bonds. The van der Waals surface area contributed by atoms with Crippen molar-refractivity contribution in [2.75, 3.05) is 19.6 Å². The predicted molar refractivity (Wildman–Crippen MR) is 67.0 cm³/mol. The van der Waals surface area contributed by atoms with E-state index in [0.717, 1.165) is 45.2 Å². The van der Waals surface area contributed by atoms with Crippen LogP contribution in [0.4, 0.5) is 0 Å². The molecule has 1 saturated carbocycles. The first-order valence-electron chi connectivity index (χ1n) is 6.36. The summed E-state index contributed by atoms with van der Waals surface area (Å²) in [5, 5.41) is 3.04. The van der Waals surface area contributed by atoms with E-state index < -0.39 is 10.0 Å². The lowest BCUT2D eigenvalue weighted by Crippen LogP contribution is -2.39. The fraction of sp³-hybridized carbons (Fsp3) is 1.00. The van der Waals surface area contributed by atoms with Crippen molar-refractivity contribution in [2.45, 2.75) is 50.7 Å². The van der Waals surface area contributed by atoms with Crippen LogP contribution in [0.5, 0.6) is 0 Å². The van der Waals surface area contributed by atoms with E-state index in [1.165, 1.54) is 6.42 Å². The van der Waals surface area contributed by atoms with Crippen LogP contribution in [0.2, 0.25) is 0 Å². The summed E-state index contributed by atoms with van der Waals surface area (Å²) < 4.78 is 26.5. The van der Waals surface area contributed by atoms with E-state index in [4.69, 9.17) is 0 Å². The molecule has 0 atom stereocenters. The lowest BCUT2D eigenvalue weighted by atomic mass is 10.0. The lowest BCUT2D eigenvalue weighted by Gasteiger charge is -2.22. The molecule has 0 aromatic rings. The normalized spacial score (nSPS) is 18.8. The molecule has 0 saturated heterocycles. The Bertz CT molecular complexity index is 272. The van der Waals surface area contributed by atoms with Crippen LogP contribution in [0, 0.1) is 0 Å². The summed E-state index contributed by atoms with van der Waals surface area (Å²) in [6, 6.07) is 0. The van der Waals surface area contributed by atoms with Crippen LogP contribution in [0.3, 0.4) is 0 Å². The maximum absolute atomic E-state index is 11.9. The van der Waals surface area contributed by atoms with Crippen LogP contribution in [-0.2, 0) is 10.0 Å². The van der Waals surface area contributed by atoms with Gasteiger partial charge in [0, 0.05) is 13.1 Å². The van der Waals surface area contributed by atoms with Crippen molar-refractivity contribution in [3.63, 3.8) is 0 Å². The van der Waals surface area contributed by atoms with Crippen molar-refractivity contribution >= 4 is 10.0 Å². The van der Waals surface area contributed by atoms with E-state index in [2.05, 4.69) is 17.0 Å². The largest absolute Gasteiger partial charge is 0.315 e. The molecule has 0 spiro atoms. The van der Waals surface area contributed by atoms with E-state index in [-0.39, 0.29) is 5.25 Å². The van der Waals surface area contributed by atoms with Gasteiger partial charge in [0.05, 0.1) is 5.25 Å². The second-order valence-corrected chi connectivity index (χ2v) is 6.49. The smallest absolute Gasteiger partial charge is 0.214 e. The van der Waals surface area contributed by atoms with Crippen molar-refractivity contribution in [2.24, 2.45) is 0 Å². The van der Waals surface area contributed by atoms with Crippen LogP contribution >= 0.6 is 0 Å². The van der Waals surface area contributed by atoms with Crippen molar-refractivity contribution in [1.29, 1.82) is 0 Å². The molecule has 1 aliphatic rings. The Morgan fingerprint density at radius 1 is 1.06 bits per heavy atom. The highest BCUT2D eigenvalue weighted by Gasteiger charge is 2.26. The summed E-state index contributed by atoms with van der Waals surface area (Å²) in [4.78, 5) is 0. The highest BCUT2D eigenvalue weighted by Crippen LogP contribution is 2.22. The molecule has 0 heterocycles. The van der Waals surface area contributed by atoms with E-state index in [9.17, 15) is 8.42 Å². The number of nitrogens with one attached hydrogen (secondary N) is 2. The van der Waals surface area contributed by atoms with Gasteiger partial charge in [0.25, 0.3) is 0 Å². The molecule has 1 aliphatic carbocycles. The average molecular weight is 248 g/mol. The van der Waals surface area contributed by atoms with Crippen LogP contribution in [0.15, 0.2) is 0 Å². The van der Waals surface area contributed by atoms with Crippen molar-refractivity contribution < 1.29 is 8.42 Å².